The van der Waals surface area contributed by atoms with E-state index in [0.29, 0.717) is 13.1 Å². The summed E-state index contributed by atoms with van der Waals surface area (Å²) in [6, 6.07) is 7.97. The number of amides is 1. The van der Waals surface area contributed by atoms with Crippen molar-refractivity contribution < 1.29 is 14.3 Å². The van der Waals surface area contributed by atoms with Crippen LogP contribution in [-0.2, 0) is 0 Å². The van der Waals surface area contributed by atoms with E-state index < -0.39 is 6.10 Å². The maximum absolute atomic E-state index is 13.0. The lowest BCUT2D eigenvalue weighted by molar-refractivity contribution is 0.0465. The average molecular weight is 333 g/mol. The molecule has 0 aliphatic carbocycles. The Labute approximate surface area is 139 Å². The fraction of sp³-hybridized carbons (Fsp3) is 0.389. The lowest BCUT2D eigenvalue weighted by Crippen LogP contribution is -2.39. The third-order valence-corrected chi connectivity index (χ3v) is 5.55. The van der Waals surface area contributed by atoms with Crippen molar-refractivity contribution in [2.45, 2.75) is 25.9 Å². The number of likely N-dealkylation sites (tertiary alicyclic amines) is 1. The molecule has 3 nitrogen and oxygen atoms in total. The molecule has 0 bridgehead atoms. The molecule has 2 aromatic rings. The highest BCUT2D eigenvalue weighted by molar-refractivity contribution is 7.12. The molecule has 1 aromatic heterocycles. The summed E-state index contributed by atoms with van der Waals surface area (Å²) in [6.45, 7) is 3.26. The molecule has 1 fully saturated rings. The molecular formula is C18H20FNO2S. The Bertz CT molecular complexity index is 675. The summed E-state index contributed by atoms with van der Waals surface area (Å²) in [5, 5.41) is 12.4. The van der Waals surface area contributed by atoms with Gasteiger partial charge in [0.2, 0.25) is 0 Å². The molecule has 1 aliphatic rings. The third kappa shape index (κ3) is 3.46. The average Bonchev–Trinajstić information content (AvgIpc) is 3.00. The van der Waals surface area contributed by atoms with Gasteiger partial charge in [-0.05, 0) is 60.4 Å². The molecule has 1 aromatic carbocycles. The monoisotopic (exact) mass is 333 g/mol. The number of thiophene rings is 1. The molecule has 0 spiro atoms. The van der Waals surface area contributed by atoms with Gasteiger partial charge in [-0.15, -0.1) is 11.3 Å². The summed E-state index contributed by atoms with van der Waals surface area (Å²) >= 11 is 1.48. The van der Waals surface area contributed by atoms with Gasteiger partial charge in [0.1, 0.15) is 5.82 Å². The van der Waals surface area contributed by atoms with Crippen LogP contribution in [0.25, 0.3) is 0 Å². The van der Waals surface area contributed by atoms with Gasteiger partial charge in [0.05, 0.1) is 11.0 Å². The molecule has 2 heterocycles. The molecule has 0 radical (unpaired) electrons. The van der Waals surface area contributed by atoms with Crippen LogP contribution in [0.5, 0.6) is 0 Å². The molecule has 1 N–H and O–H groups in total. The number of carbonyl (C=O) groups is 1. The van der Waals surface area contributed by atoms with Gasteiger partial charge in [0.15, 0.2) is 0 Å². The normalized spacial score (nSPS) is 17.3. The molecule has 3 rings (SSSR count). The van der Waals surface area contributed by atoms with E-state index in [4.69, 9.17) is 0 Å². The summed E-state index contributed by atoms with van der Waals surface area (Å²) in [6.07, 6.45) is 0.917. The van der Waals surface area contributed by atoms with Crippen LogP contribution < -0.4 is 0 Å². The Kier molecular flexibility index (Phi) is 4.78. The first-order chi connectivity index (χ1) is 11.1. The molecule has 23 heavy (non-hydrogen) atoms. The lowest BCUT2D eigenvalue weighted by Gasteiger charge is -2.34. The fourth-order valence-corrected chi connectivity index (χ4v) is 3.98. The number of piperidine rings is 1. The number of hydrogen-bond acceptors (Lipinski definition) is 3. The predicted octanol–water partition coefficient (Wildman–Crippen LogP) is 3.78. The predicted molar refractivity (Wildman–Crippen MR) is 89.0 cm³/mol. The minimum Gasteiger partial charge on any atom is -0.388 e. The zero-order valence-corrected chi connectivity index (χ0v) is 13.9. The van der Waals surface area contributed by atoms with Crippen molar-refractivity contribution in [2.75, 3.05) is 13.1 Å². The molecule has 0 saturated carbocycles. The smallest absolute Gasteiger partial charge is 0.264 e. The first kappa shape index (κ1) is 16.1. The Morgan fingerprint density at radius 2 is 1.91 bits per heavy atom. The van der Waals surface area contributed by atoms with E-state index in [2.05, 4.69) is 0 Å². The number of aliphatic hydroxyl groups excluding tert-OH is 1. The van der Waals surface area contributed by atoms with Crippen molar-refractivity contribution in [1.29, 1.82) is 0 Å². The number of hydrogen-bond donors (Lipinski definition) is 1. The zero-order valence-electron chi connectivity index (χ0n) is 13.0. The molecule has 1 atom stereocenters. The van der Waals surface area contributed by atoms with Crippen molar-refractivity contribution in [3.63, 3.8) is 0 Å². The van der Waals surface area contributed by atoms with Gasteiger partial charge in [-0.1, -0.05) is 12.1 Å². The van der Waals surface area contributed by atoms with Gasteiger partial charge in [0, 0.05) is 13.1 Å². The van der Waals surface area contributed by atoms with Crippen LogP contribution in [0.3, 0.4) is 0 Å². The first-order valence-corrected chi connectivity index (χ1v) is 8.71. The number of nitrogens with zero attached hydrogens (tertiary/aromatic N) is 1. The van der Waals surface area contributed by atoms with E-state index in [1.807, 2.05) is 23.3 Å². The number of rotatable bonds is 3. The van der Waals surface area contributed by atoms with Crippen LogP contribution >= 0.6 is 11.3 Å². The summed E-state index contributed by atoms with van der Waals surface area (Å²) in [4.78, 5) is 15.2. The van der Waals surface area contributed by atoms with E-state index in [0.717, 1.165) is 28.8 Å². The van der Waals surface area contributed by atoms with Crippen LogP contribution in [0.1, 0.15) is 39.7 Å². The summed E-state index contributed by atoms with van der Waals surface area (Å²) in [5.41, 5.74) is 1.76. The molecule has 122 valence electrons. The highest BCUT2D eigenvalue weighted by Gasteiger charge is 2.29. The Hall–Kier alpha value is -1.72. The second-order valence-corrected chi connectivity index (χ2v) is 6.97. The number of halogens is 1. The van der Waals surface area contributed by atoms with Gasteiger partial charge in [0.25, 0.3) is 5.91 Å². The van der Waals surface area contributed by atoms with Crippen LogP contribution in [0.4, 0.5) is 4.39 Å². The minimum absolute atomic E-state index is 0.0900. The van der Waals surface area contributed by atoms with Crippen LogP contribution in [0, 0.1) is 18.7 Å². The molecule has 1 aliphatic heterocycles. The van der Waals surface area contributed by atoms with Crippen molar-refractivity contribution in [1.82, 2.24) is 4.90 Å². The van der Waals surface area contributed by atoms with Crippen LogP contribution in [0.2, 0.25) is 0 Å². The fourth-order valence-electron chi connectivity index (χ4n) is 3.09. The van der Waals surface area contributed by atoms with E-state index in [9.17, 15) is 14.3 Å². The van der Waals surface area contributed by atoms with Crippen molar-refractivity contribution in [3.8, 4) is 0 Å². The van der Waals surface area contributed by atoms with Crippen LogP contribution in [-0.4, -0.2) is 29.0 Å². The second-order valence-electron chi connectivity index (χ2n) is 6.06. The Morgan fingerprint density at radius 3 is 2.48 bits per heavy atom. The molecule has 1 saturated heterocycles. The van der Waals surface area contributed by atoms with E-state index in [1.165, 1.54) is 23.5 Å². The maximum Gasteiger partial charge on any atom is 0.264 e. The van der Waals surface area contributed by atoms with E-state index in [1.54, 1.807) is 12.1 Å². The highest BCUT2D eigenvalue weighted by atomic mass is 32.1. The number of aryl methyl sites for hydroxylation is 1. The molecular weight excluding hydrogens is 313 g/mol. The zero-order chi connectivity index (χ0) is 16.4. The number of benzene rings is 1. The first-order valence-electron chi connectivity index (χ1n) is 7.83. The van der Waals surface area contributed by atoms with E-state index >= 15 is 0 Å². The SMILES string of the molecule is Cc1ccsc1C(=O)N1CCC(C(O)c2ccc(F)cc2)CC1. The van der Waals surface area contributed by atoms with Crippen LogP contribution in [0.15, 0.2) is 35.7 Å². The van der Waals surface area contributed by atoms with Gasteiger partial charge in [-0.3, -0.25) is 4.79 Å². The molecule has 5 heteroatoms. The Balaban J connectivity index is 1.61. The van der Waals surface area contributed by atoms with Crippen molar-refractivity contribution in [2.24, 2.45) is 5.92 Å². The van der Waals surface area contributed by atoms with Crippen molar-refractivity contribution in [3.05, 3.63) is 57.5 Å². The largest absolute Gasteiger partial charge is 0.388 e. The standard InChI is InChI=1S/C18H20FNO2S/c1-12-8-11-23-17(12)18(22)20-9-6-14(7-10-20)16(21)13-2-4-15(19)5-3-13/h2-5,8,11,14,16,21H,6-7,9-10H2,1H3. The third-order valence-electron chi connectivity index (χ3n) is 4.54. The van der Waals surface area contributed by atoms with Gasteiger partial charge >= 0.3 is 0 Å². The quantitative estimate of drug-likeness (QED) is 0.928. The summed E-state index contributed by atoms with van der Waals surface area (Å²) in [5.74, 6) is -0.103. The maximum atomic E-state index is 13.0. The minimum atomic E-state index is -0.601. The van der Waals surface area contributed by atoms with E-state index in [-0.39, 0.29) is 17.6 Å². The highest BCUT2D eigenvalue weighted by Crippen LogP contribution is 2.31. The lowest BCUT2D eigenvalue weighted by atomic mass is 9.87. The molecule has 1 unspecified atom stereocenters. The van der Waals surface area contributed by atoms with Gasteiger partial charge in [-0.25, -0.2) is 4.39 Å². The van der Waals surface area contributed by atoms with Crippen molar-refractivity contribution >= 4 is 17.2 Å². The van der Waals surface area contributed by atoms with Gasteiger partial charge < -0.3 is 10.0 Å². The molecule has 1 amide bonds. The second kappa shape index (κ2) is 6.81. The Morgan fingerprint density at radius 1 is 1.26 bits per heavy atom. The summed E-state index contributed by atoms with van der Waals surface area (Å²) in [7, 11) is 0. The van der Waals surface area contributed by atoms with Gasteiger partial charge in [-0.2, -0.15) is 0 Å². The number of carbonyl (C=O) groups excluding carboxylic acids is 1. The summed E-state index contributed by atoms with van der Waals surface area (Å²) < 4.78 is 13.0. The topological polar surface area (TPSA) is 40.5 Å². The number of aliphatic hydroxyl groups is 1.